The normalized spacial score (nSPS) is 9.85. The first-order valence-electron chi connectivity index (χ1n) is 3.53. The molecule has 1 aromatic carbocycles. The third-order valence-electron chi connectivity index (χ3n) is 1.57. The number of hydrogen-bond donors (Lipinski definition) is 4. The molecule has 0 aliphatic rings. The number of nitrogen functional groups attached to an aromatic ring is 1. The number of carboxylic acids is 1. The molecule has 0 aliphatic heterocycles. The summed E-state index contributed by atoms with van der Waals surface area (Å²) in [6.45, 7) is 0. The van der Waals surface area contributed by atoms with Crippen LogP contribution in [0.25, 0.3) is 0 Å². The summed E-state index contributed by atoms with van der Waals surface area (Å²) in [4.78, 5) is 10.3. The number of phenolic OH excluding ortho intramolecular Hbond substituents is 2. The molecule has 13 heavy (non-hydrogen) atoms. The van der Waals surface area contributed by atoms with Gasteiger partial charge in [-0.05, 0) is 6.07 Å². The Bertz CT molecular complexity index is 348. The number of rotatable bonds is 2. The Balaban J connectivity index is 3.08. The summed E-state index contributed by atoms with van der Waals surface area (Å²) in [6, 6.07) is 2.26. The van der Waals surface area contributed by atoms with E-state index in [4.69, 9.17) is 15.9 Å². The van der Waals surface area contributed by atoms with Crippen LogP contribution in [0.2, 0.25) is 0 Å². The fraction of sp³-hybridized carbons (Fsp3) is 0.125. The molecule has 0 saturated heterocycles. The Kier molecular flexibility index (Phi) is 2.27. The van der Waals surface area contributed by atoms with Gasteiger partial charge < -0.3 is 21.1 Å². The second-order valence-electron chi connectivity index (χ2n) is 2.61. The molecule has 0 fully saturated rings. The summed E-state index contributed by atoms with van der Waals surface area (Å²) in [5.41, 5.74) is 5.54. The Labute approximate surface area is 74.0 Å². The minimum Gasteiger partial charge on any atom is -0.508 e. The van der Waals surface area contributed by atoms with Crippen molar-refractivity contribution in [3.05, 3.63) is 17.7 Å². The molecule has 0 heterocycles. The van der Waals surface area contributed by atoms with Gasteiger partial charge in [-0.1, -0.05) is 0 Å². The van der Waals surface area contributed by atoms with E-state index in [2.05, 4.69) is 0 Å². The van der Waals surface area contributed by atoms with Crippen molar-refractivity contribution in [1.82, 2.24) is 0 Å². The first-order valence-corrected chi connectivity index (χ1v) is 3.53. The number of aliphatic carboxylic acids is 1. The maximum Gasteiger partial charge on any atom is 0.307 e. The van der Waals surface area contributed by atoms with Crippen LogP contribution in [0, 0.1) is 0 Å². The van der Waals surface area contributed by atoms with Crippen molar-refractivity contribution in [3.63, 3.8) is 0 Å². The lowest BCUT2D eigenvalue weighted by Gasteiger charge is -2.04. The zero-order chi connectivity index (χ0) is 10.0. The predicted molar refractivity (Wildman–Crippen MR) is 45.5 cm³/mol. The standard InChI is InChI=1S/C8H9NO4/c9-5-1-4(2-8(12)13)6(10)3-7(5)11/h1,3,10-11H,2,9H2,(H,12,13). The highest BCUT2D eigenvalue weighted by atomic mass is 16.4. The zero-order valence-corrected chi connectivity index (χ0v) is 6.69. The second kappa shape index (κ2) is 3.22. The summed E-state index contributed by atoms with van der Waals surface area (Å²) in [5, 5.41) is 26.6. The molecule has 1 aromatic rings. The highest BCUT2D eigenvalue weighted by molar-refractivity contribution is 5.73. The van der Waals surface area contributed by atoms with Gasteiger partial charge in [0.2, 0.25) is 0 Å². The molecular weight excluding hydrogens is 174 g/mol. The van der Waals surface area contributed by atoms with Gasteiger partial charge in [-0.2, -0.15) is 0 Å². The number of carboxylic acid groups (broad SMARTS) is 1. The number of phenols is 2. The van der Waals surface area contributed by atoms with Gasteiger partial charge in [0.15, 0.2) is 0 Å². The monoisotopic (exact) mass is 183 g/mol. The van der Waals surface area contributed by atoms with Crippen LogP contribution in [-0.2, 0) is 11.2 Å². The molecule has 5 N–H and O–H groups in total. The average Bonchev–Trinajstić information content (AvgIpc) is 1.99. The van der Waals surface area contributed by atoms with Gasteiger partial charge in [0.05, 0.1) is 12.1 Å². The van der Waals surface area contributed by atoms with Crippen molar-refractivity contribution >= 4 is 11.7 Å². The van der Waals surface area contributed by atoms with Crippen LogP contribution in [0.15, 0.2) is 12.1 Å². The van der Waals surface area contributed by atoms with Crippen LogP contribution in [0.1, 0.15) is 5.56 Å². The molecule has 0 bridgehead atoms. The molecule has 0 aliphatic carbocycles. The quantitative estimate of drug-likeness (QED) is 0.300. The minimum atomic E-state index is -1.07. The van der Waals surface area contributed by atoms with E-state index in [1.54, 1.807) is 0 Å². The number of hydrogen-bond acceptors (Lipinski definition) is 4. The van der Waals surface area contributed by atoms with Crippen LogP contribution >= 0.6 is 0 Å². The highest BCUT2D eigenvalue weighted by Crippen LogP contribution is 2.29. The number of aromatic hydroxyl groups is 2. The molecule has 0 unspecified atom stereocenters. The summed E-state index contributed by atoms with van der Waals surface area (Å²) in [6.07, 6.45) is -0.323. The molecule has 0 saturated carbocycles. The maximum atomic E-state index is 10.3. The van der Waals surface area contributed by atoms with Crippen LogP contribution in [0.3, 0.4) is 0 Å². The van der Waals surface area contributed by atoms with Crippen LogP contribution in [-0.4, -0.2) is 21.3 Å². The molecule has 0 atom stereocenters. The Hall–Kier alpha value is -1.91. The molecule has 5 nitrogen and oxygen atoms in total. The number of carbonyl (C=O) groups is 1. The van der Waals surface area contributed by atoms with Gasteiger partial charge in [0.25, 0.3) is 0 Å². The predicted octanol–water partition coefficient (Wildman–Crippen LogP) is 0.307. The fourth-order valence-electron chi connectivity index (χ4n) is 0.946. The van der Waals surface area contributed by atoms with Gasteiger partial charge in [-0.25, -0.2) is 0 Å². The van der Waals surface area contributed by atoms with Crippen LogP contribution < -0.4 is 5.73 Å². The second-order valence-corrected chi connectivity index (χ2v) is 2.61. The first kappa shape index (κ1) is 9.18. The summed E-state index contributed by atoms with van der Waals surface area (Å²) in [7, 11) is 0. The van der Waals surface area contributed by atoms with Gasteiger partial charge in [0.1, 0.15) is 11.5 Å². The van der Waals surface area contributed by atoms with E-state index >= 15 is 0 Å². The lowest BCUT2D eigenvalue weighted by Crippen LogP contribution is -2.01. The molecule has 70 valence electrons. The zero-order valence-electron chi connectivity index (χ0n) is 6.69. The molecule has 0 spiro atoms. The Morgan fingerprint density at radius 2 is 1.92 bits per heavy atom. The van der Waals surface area contributed by atoms with Gasteiger partial charge in [0, 0.05) is 11.6 Å². The molecule has 0 radical (unpaired) electrons. The third kappa shape index (κ3) is 2.02. The van der Waals surface area contributed by atoms with E-state index in [1.807, 2.05) is 0 Å². The van der Waals surface area contributed by atoms with E-state index in [0.29, 0.717) is 0 Å². The minimum absolute atomic E-state index is 0.0500. The van der Waals surface area contributed by atoms with Crippen LogP contribution in [0.5, 0.6) is 11.5 Å². The van der Waals surface area contributed by atoms with Gasteiger partial charge >= 0.3 is 5.97 Å². The fourth-order valence-corrected chi connectivity index (χ4v) is 0.946. The van der Waals surface area contributed by atoms with E-state index in [-0.39, 0.29) is 29.2 Å². The molecule has 5 heteroatoms. The van der Waals surface area contributed by atoms with Crippen molar-refractivity contribution in [1.29, 1.82) is 0 Å². The Morgan fingerprint density at radius 3 is 2.46 bits per heavy atom. The summed E-state index contributed by atoms with van der Waals surface area (Å²) in [5.74, 6) is -1.60. The first-order chi connectivity index (χ1) is 6.00. The van der Waals surface area contributed by atoms with Crippen molar-refractivity contribution < 1.29 is 20.1 Å². The molecule has 0 amide bonds. The SMILES string of the molecule is Nc1cc(CC(=O)O)c(O)cc1O. The summed E-state index contributed by atoms with van der Waals surface area (Å²) < 4.78 is 0. The number of benzene rings is 1. The topological polar surface area (TPSA) is 104 Å². The Morgan fingerprint density at radius 1 is 1.31 bits per heavy atom. The van der Waals surface area contributed by atoms with E-state index in [9.17, 15) is 9.90 Å². The summed E-state index contributed by atoms with van der Waals surface area (Å²) >= 11 is 0. The third-order valence-corrected chi connectivity index (χ3v) is 1.57. The number of nitrogens with two attached hydrogens (primary N) is 1. The van der Waals surface area contributed by atoms with E-state index < -0.39 is 5.97 Å². The largest absolute Gasteiger partial charge is 0.508 e. The van der Waals surface area contributed by atoms with E-state index in [1.165, 1.54) is 6.07 Å². The van der Waals surface area contributed by atoms with Crippen molar-refractivity contribution in [2.75, 3.05) is 5.73 Å². The molecule has 1 rings (SSSR count). The molecular formula is C8H9NO4. The van der Waals surface area contributed by atoms with Crippen LogP contribution in [0.4, 0.5) is 5.69 Å². The van der Waals surface area contributed by atoms with Crippen molar-refractivity contribution in [3.8, 4) is 11.5 Å². The molecule has 0 aromatic heterocycles. The lowest BCUT2D eigenvalue weighted by molar-refractivity contribution is -0.136. The average molecular weight is 183 g/mol. The van der Waals surface area contributed by atoms with Gasteiger partial charge in [-0.3, -0.25) is 4.79 Å². The maximum absolute atomic E-state index is 10.3. The van der Waals surface area contributed by atoms with E-state index in [0.717, 1.165) is 6.07 Å². The highest BCUT2D eigenvalue weighted by Gasteiger charge is 2.09. The lowest BCUT2D eigenvalue weighted by atomic mass is 10.1. The number of anilines is 1. The smallest absolute Gasteiger partial charge is 0.307 e. The van der Waals surface area contributed by atoms with Crippen molar-refractivity contribution in [2.24, 2.45) is 0 Å². The van der Waals surface area contributed by atoms with Crippen molar-refractivity contribution in [2.45, 2.75) is 6.42 Å². The van der Waals surface area contributed by atoms with Gasteiger partial charge in [-0.15, -0.1) is 0 Å².